The largest absolute Gasteiger partial charge is 0.416 e. The number of alkyl halides is 3. The average Bonchev–Trinajstić information content (AvgIpc) is 3.49. The van der Waals surface area contributed by atoms with E-state index in [2.05, 4.69) is 31.6 Å². The average molecular weight is 504 g/mol. The highest BCUT2D eigenvalue weighted by Gasteiger charge is 2.31. The molecule has 5 rings (SSSR count). The monoisotopic (exact) mass is 504 g/mol. The summed E-state index contributed by atoms with van der Waals surface area (Å²) in [6, 6.07) is 13.7. The molecule has 0 atom stereocenters. The Labute approximate surface area is 209 Å². The van der Waals surface area contributed by atoms with Crippen LogP contribution in [0, 0.1) is 18.3 Å². The third-order valence-electron chi connectivity index (χ3n) is 5.68. The zero-order valence-corrected chi connectivity index (χ0v) is 19.4. The number of nitrogens with one attached hydrogen (secondary N) is 1. The van der Waals surface area contributed by atoms with Crippen LogP contribution < -0.4 is 5.32 Å². The van der Waals surface area contributed by atoms with E-state index in [9.17, 15) is 18.0 Å². The van der Waals surface area contributed by atoms with Crippen LogP contribution in [0.1, 0.15) is 25.0 Å². The first-order chi connectivity index (χ1) is 17.7. The van der Waals surface area contributed by atoms with Crippen molar-refractivity contribution in [1.29, 1.82) is 5.26 Å². The van der Waals surface area contributed by atoms with Crippen LogP contribution in [0.5, 0.6) is 0 Å². The minimum absolute atomic E-state index is 0. The Balaban J connectivity index is 0.00000336. The predicted octanol–water partition coefficient (Wildman–Crippen LogP) is 5.05. The SMILES string of the molecule is CC(=O)Nc1nc2c(-c3cccc(C(F)(F)F)c3)c(C)c(-c3ncnn3-c3ccc(C#N)cc3)cn2n1.[HH]. The number of carbonyl (C=O) groups excluding carboxylic acids is 1. The number of anilines is 1. The van der Waals surface area contributed by atoms with Gasteiger partial charge in [0.1, 0.15) is 6.33 Å². The number of aromatic nitrogens is 6. The van der Waals surface area contributed by atoms with Gasteiger partial charge in [-0.2, -0.15) is 28.5 Å². The molecule has 0 saturated heterocycles. The second-order valence-electron chi connectivity index (χ2n) is 8.16. The molecule has 3 aromatic heterocycles. The van der Waals surface area contributed by atoms with Gasteiger partial charge in [0.2, 0.25) is 11.9 Å². The van der Waals surface area contributed by atoms with Gasteiger partial charge in [0.15, 0.2) is 11.5 Å². The Bertz CT molecular complexity index is 1700. The smallest absolute Gasteiger partial charge is 0.293 e. The molecule has 0 fully saturated rings. The number of hydrogen-bond donors (Lipinski definition) is 1. The van der Waals surface area contributed by atoms with Gasteiger partial charge >= 0.3 is 6.18 Å². The van der Waals surface area contributed by atoms with Gasteiger partial charge in [-0.25, -0.2) is 14.2 Å². The normalized spacial score (nSPS) is 11.5. The maximum atomic E-state index is 13.5. The standard InChI is InChI=1S/C25H17F3N8O.H2/c1-14-20(22-30-13-31-36(22)19-8-6-16(11-29)7-9-19)12-35-23(33-24(34-35)32-15(2)37)21(14)17-4-3-5-18(10-17)25(26,27)28;/h3-10,12-13H,1-2H3,(H,32,34,37);1H. The summed E-state index contributed by atoms with van der Waals surface area (Å²) in [6.07, 6.45) is -1.56. The lowest BCUT2D eigenvalue weighted by Crippen LogP contribution is -2.07. The zero-order valence-electron chi connectivity index (χ0n) is 19.4. The quantitative estimate of drug-likeness (QED) is 0.367. The Morgan fingerprint density at radius 3 is 2.59 bits per heavy atom. The highest BCUT2D eigenvalue weighted by Crippen LogP contribution is 2.37. The number of halogens is 3. The molecule has 0 spiro atoms. The fourth-order valence-corrected chi connectivity index (χ4v) is 4.03. The summed E-state index contributed by atoms with van der Waals surface area (Å²) in [6.45, 7) is 3.05. The lowest BCUT2D eigenvalue weighted by atomic mass is 9.96. The molecule has 0 unspecified atom stereocenters. The first-order valence-corrected chi connectivity index (χ1v) is 10.9. The molecule has 0 bridgehead atoms. The van der Waals surface area contributed by atoms with Crippen LogP contribution in [0.4, 0.5) is 19.1 Å². The van der Waals surface area contributed by atoms with Crippen LogP contribution in [0.2, 0.25) is 0 Å². The summed E-state index contributed by atoms with van der Waals surface area (Å²) in [5.41, 5.74) is 2.32. The van der Waals surface area contributed by atoms with Crippen molar-refractivity contribution in [3.8, 4) is 34.3 Å². The molecule has 1 amide bonds. The number of fused-ring (bicyclic) bond motifs is 1. The van der Waals surface area contributed by atoms with Gasteiger partial charge in [0, 0.05) is 25.7 Å². The first kappa shape index (κ1) is 23.7. The molecule has 0 saturated carbocycles. The van der Waals surface area contributed by atoms with E-state index in [4.69, 9.17) is 5.26 Å². The molecule has 37 heavy (non-hydrogen) atoms. The summed E-state index contributed by atoms with van der Waals surface area (Å²) >= 11 is 0. The Morgan fingerprint density at radius 2 is 1.92 bits per heavy atom. The van der Waals surface area contributed by atoms with Crippen molar-refractivity contribution in [3.63, 3.8) is 0 Å². The van der Waals surface area contributed by atoms with Crippen molar-refractivity contribution >= 4 is 17.5 Å². The van der Waals surface area contributed by atoms with Gasteiger partial charge in [-0.05, 0) is 54.4 Å². The number of nitrogens with zero attached hydrogens (tertiary/aromatic N) is 7. The Morgan fingerprint density at radius 1 is 1.16 bits per heavy atom. The fraction of sp³-hybridized carbons (Fsp3) is 0.120. The zero-order chi connectivity index (χ0) is 26.3. The maximum absolute atomic E-state index is 13.5. The topological polar surface area (TPSA) is 114 Å². The third-order valence-corrected chi connectivity index (χ3v) is 5.68. The number of amides is 1. The van der Waals surface area contributed by atoms with E-state index in [1.807, 2.05) is 0 Å². The van der Waals surface area contributed by atoms with Gasteiger partial charge in [-0.3, -0.25) is 10.1 Å². The Hall–Kier alpha value is -5.05. The van der Waals surface area contributed by atoms with E-state index >= 15 is 0 Å². The molecule has 0 aliphatic heterocycles. The van der Waals surface area contributed by atoms with Crippen LogP contribution in [0.25, 0.3) is 33.8 Å². The predicted molar refractivity (Wildman–Crippen MR) is 130 cm³/mol. The molecule has 2 aromatic carbocycles. The number of rotatable bonds is 4. The Kier molecular flexibility index (Phi) is 5.68. The summed E-state index contributed by atoms with van der Waals surface area (Å²) < 4.78 is 43.5. The lowest BCUT2D eigenvalue weighted by molar-refractivity contribution is -0.137. The molecular formula is C25H19F3N8O. The minimum Gasteiger partial charge on any atom is -0.293 e. The van der Waals surface area contributed by atoms with E-state index in [-0.39, 0.29) is 18.6 Å². The van der Waals surface area contributed by atoms with Crippen molar-refractivity contribution < 1.29 is 19.4 Å². The van der Waals surface area contributed by atoms with Gasteiger partial charge in [-0.1, -0.05) is 12.1 Å². The van der Waals surface area contributed by atoms with Crippen LogP contribution in [0.3, 0.4) is 0 Å². The van der Waals surface area contributed by atoms with Gasteiger partial charge in [0.05, 0.1) is 22.9 Å². The molecule has 3 heterocycles. The molecule has 9 nitrogen and oxygen atoms in total. The van der Waals surface area contributed by atoms with Gasteiger partial charge in [-0.15, -0.1) is 5.10 Å². The van der Waals surface area contributed by atoms with Gasteiger partial charge < -0.3 is 0 Å². The van der Waals surface area contributed by atoms with Crippen molar-refractivity contribution in [2.24, 2.45) is 0 Å². The molecule has 0 radical (unpaired) electrons. The molecule has 1 N–H and O–H groups in total. The van der Waals surface area contributed by atoms with Crippen molar-refractivity contribution in [1.82, 2.24) is 29.4 Å². The van der Waals surface area contributed by atoms with Crippen LogP contribution in [-0.4, -0.2) is 35.3 Å². The van der Waals surface area contributed by atoms with Crippen molar-refractivity contribution in [2.45, 2.75) is 20.0 Å². The number of hydrogen-bond acceptors (Lipinski definition) is 6. The number of benzene rings is 2. The number of nitriles is 1. The second kappa shape index (κ2) is 8.87. The first-order valence-electron chi connectivity index (χ1n) is 10.9. The highest BCUT2D eigenvalue weighted by molar-refractivity contribution is 5.89. The molecular weight excluding hydrogens is 485 g/mol. The van der Waals surface area contributed by atoms with Gasteiger partial charge in [0.25, 0.3) is 0 Å². The van der Waals surface area contributed by atoms with E-state index in [1.165, 1.54) is 23.8 Å². The van der Waals surface area contributed by atoms with Crippen LogP contribution in [-0.2, 0) is 11.0 Å². The molecule has 12 heteroatoms. The summed E-state index contributed by atoms with van der Waals surface area (Å²) in [4.78, 5) is 20.4. The second-order valence-corrected chi connectivity index (χ2v) is 8.16. The van der Waals surface area contributed by atoms with E-state index < -0.39 is 17.6 Å². The molecule has 0 aliphatic rings. The van der Waals surface area contributed by atoms with E-state index in [0.29, 0.717) is 33.8 Å². The maximum Gasteiger partial charge on any atom is 0.416 e. The summed E-state index contributed by atoms with van der Waals surface area (Å²) in [5.74, 6) is 0.00813. The molecule has 0 aliphatic carbocycles. The van der Waals surface area contributed by atoms with E-state index in [1.54, 1.807) is 48.1 Å². The van der Waals surface area contributed by atoms with E-state index in [0.717, 1.165) is 12.1 Å². The summed E-state index contributed by atoms with van der Waals surface area (Å²) in [7, 11) is 0. The molecule has 186 valence electrons. The fourth-order valence-electron chi connectivity index (χ4n) is 4.03. The number of carbonyl (C=O) groups is 1. The van der Waals surface area contributed by atoms with Crippen molar-refractivity contribution in [3.05, 3.63) is 77.7 Å². The third kappa shape index (κ3) is 4.38. The minimum atomic E-state index is -4.54. The lowest BCUT2D eigenvalue weighted by Gasteiger charge is -2.15. The highest BCUT2D eigenvalue weighted by atomic mass is 19.4. The van der Waals surface area contributed by atoms with Crippen LogP contribution in [0.15, 0.2) is 61.1 Å². The van der Waals surface area contributed by atoms with Crippen LogP contribution >= 0.6 is 0 Å². The van der Waals surface area contributed by atoms with Crippen molar-refractivity contribution in [2.75, 3.05) is 5.32 Å². The summed E-state index contributed by atoms with van der Waals surface area (Å²) in [5, 5.41) is 20.2. The molecule has 5 aromatic rings. The number of pyridine rings is 1.